The standard InChI is InChI=1S/C14H13N3/c15-13(12-6-2-1-3-7-12)9-11-17-14-8-4-5-10-16-14/h1-11H,15H2/b13-9-,17-11+. The summed E-state index contributed by atoms with van der Waals surface area (Å²) in [7, 11) is 0. The smallest absolute Gasteiger partial charge is 0.151 e. The third kappa shape index (κ3) is 3.28. The molecule has 2 rings (SSSR count). The Hall–Kier alpha value is -2.42. The summed E-state index contributed by atoms with van der Waals surface area (Å²) in [6, 6.07) is 15.4. The molecule has 0 aliphatic rings. The Morgan fingerprint density at radius 1 is 1.06 bits per heavy atom. The first-order chi connectivity index (χ1) is 8.36. The molecule has 2 aromatic rings. The molecule has 3 heteroatoms. The zero-order valence-electron chi connectivity index (χ0n) is 9.32. The van der Waals surface area contributed by atoms with Gasteiger partial charge in [-0.3, -0.25) is 0 Å². The van der Waals surface area contributed by atoms with E-state index in [1.54, 1.807) is 18.5 Å². The molecule has 84 valence electrons. The Bertz CT molecular complexity index is 516. The molecule has 0 unspecified atom stereocenters. The van der Waals surface area contributed by atoms with Gasteiger partial charge in [0.25, 0.3) is 0 Å². The van der Waals surface area contributed by atoms with Crippen molar-refractivity contribution >= 4 is 17.7 Å². The summed E-state index contributed by atoms with van der Waals surface area (Å²) in [6.07, 6.45) is 5.13. The van der Waals surface area contributed by atoms with E-state index in [-0.39, 0.29) is 0 Å². The minimum atomic E-state index is 0.671. The quantitative estimate of drug-likeness (QED) is 0.813. The average molecular weight is 223 g/mol. The Labute approximate surface area is 100 Å². The van der Waals surface area contributed by atoms with E-state index in [9.17, 15) is 0 Å². The van der Waals surface area contributed by atoms with Crippen LogP contribution in [0.15, 0.2) is 65.8 Å². The van der Waals surface area contributed by atoms with Gasteiger partial charge in [0, 0.05) is 18.1 Å². The molecule has 0 amide bonds. The molecule has 0 atom stereocenters. The summed E-state index contributed by atoms with van der Waals surface area (Å²) < 4.78 is 0. The third-order valence-corrected chi connectivity index (χ3v) is 2.22. The van der Waals surface area contributed by atoms with Crippen LogP contribution in [0.25, 0.3) is 5.70 Å². The average Bonchev–Trinajstić information content (AvgIpc) is 2.41. The lowest BCUT2D eigenvalue weighted by Gasteiger charge is -1.98. The monoisotopic (exact) mass is 223 g/mol. The van der Waals surface area contributed by atoms with E-state index >= 15 is 0 Å². The lowest BCUT2D eigenvalue weighted by Crippen LogP contribution is -1.95. The van der Waals surface area contributed by atoms with Crippen LogP contribution < -0.4 is 5.73 Å². The second-order valence-electron chi connectivity index (χ2n) is 3.45. The molecule has 0 fully saturated rings. The first kappa shape index (κ1) is 11.1. The predicted molar refractivity (Wildman–Crippen MR) is 71.0 cm³/mol. The molecule has 0 spiro atoms. The summed E-state index contributed by atoms with van der Waals surface area (Å²) in [5.41, 5.74) is 7.58. The fourth-order valence-electron chi connectivity index (χ4n) is 1.35. The number of nitrogens with two attached hydrogens (primary N) is 1. The SMILES string of the molecule is N/C(=C\C=N\c1ccccn1)c1ccccc1. The van der Waals surface area contributed by atoms with Crippen molar-refractivity contribution in [3.05, 3.63) is 66.4 Å². The normalized spacial score (nSPS) is 11.9. The van der Waals surface area contributed by atoms with Crippen molar-refractivity contribution in [2.24, 2.45) is 10.7 Å². The Kier molecular flexibility index (Phi) is 3.65. The van der Waals surface area contributed by atoms with E-state index in [2.05, 4.69) is 9.98 Å². The van der Waals surface area contributed by atoms with E-state index in [1.807, 2.05) is 48.5 Å². The first-order valence-electron chi connectivity index (χ1n) is 5.32. The van der Waals surface area contributed by atoms with Gasteiger partial charge in [0.15, 0.2) is 5.82 Å². The molecule has 3 nitrogen and oxygen atoms in total. The zero-order chi connectivity index (χ0) is 11.9. The van der Waals surface area contributed by atoms with Crippen LogP contribution in [0, 0.1) is 0 Å². The van der Waals surface area contributed by atoms with Gasteiger partial charge in [-0.25, -0.2) is 9.98 Å². The van der Waals surface area contributed by atoms with Gasteiger partial charge in [0.1, 0.15) is 0 Å². The number of pyridine rings is 1. The molecule has 0 bridgehead atoms. The fourth-order valence-corrected chi connectivity index (χ4v) is 1.35. The van der Waals surface area contributed by atoms with Crippen molar-refractivity contribution in [1.29, 1.82) is 0 Å². The van der Waals surface area contributed by atoms with Gasteiger partial charge in [0.05, 0.1) is 0 Å². The molecular weight excluding hydrogens is 210 g/mol. The largest absolute Gasteiger partial charge is 0.398 e. The van der Waals surface area contributed by atoms with Crippen molar-refractivity contribution in [2.45, 2.75) is 0 Å². The van der Waals surface area contributed by atoms with Gasteiger partial charge in [0.2, 0.25) is 0 Å². The molecule has 0 saturated heterocycles. The summed E-state index contributed by atoms with van der Waals surface area (Å²) in [5, 5.41) is 0. The maximum atomic E-state index is 5.91. The highest BCUT2D eigenvalue weighted by atomic mass is 14.9. The van der Waals surface area contributed by atoms with Crippen LogP contribution in [-0.4, -0.2) is 11.2 Å². The van der Waals surface area contributed by atoms with E-state index in [0.29, 0.717) is 11.5 Å². The highest BCUT2D eigenvalue weighted by Crippen LogP contribution is 2.07. The summed E-state index contributed by atoms with van der Waals surface area (Å²) in [5.74, 6) is 0.671. The van der Waals surface area contributed by atoms with Gasteiger partial charge in [-0.2, -0.15) is 0 Å². The fraction of sp³-hybridized carbons (Fsp3) is 0. The molecule has 1 aromatic heterocycles. The number of benzene rings is 1. The molecular formula is C14H13N3. The second-order valence-corrected chi connectivity index (χ2v) is 3.45. The maximum Gasteiger partial charge on any atom is 0.151 e. The maximum absolute atomic E-state index is 5.91. The highest BCUT2D eigenvalue weighted by molar-refractivity contribution is 5.84. The van der Waals surface area contributed by atoms with Crippen molar-refractivity contribution in [3.63, 3.8) is 0 Å². The molecule has 17 heavy (non-hydrogen) atoms. The van der Waals surface area contributed by atoms with Gasteiger partial charge in [-0.15, -0.1) is 0 Å². The van der Waals surface area contributed by atoms with E-state index in [0.717, 1.165) is 5.56 Å². The Balaban J connectivity index is 2.09. The van der Waals surface area contributed by atoms with Gasteiger partial charge in [-0.05, 0) is 23.8 Å². The Morgan fingerprint density at radius 3 is 2.53 bits per heavy atom. The summed E-state index contributed by atoms with van der Waals surface area (Å²) in [6.45, 7) is 0. The number of aromatic nitrogens is 1. The lowest BCUT2D eigenvalue weighted by atomic mass is 10.1. The van der Waals surface area contributed by atoms with Gasteiger partial charge in [-0.1, -0.05) is 36.4 Å². The number of aliphatic imine (C=N–C) groups is 1. The van der Waals surface area contributed by atoms with Gasteiger partial charge >= 0.3 is 0 Å². The molecule has 2 N–H and O–H groups in total. The lowest BCUT2D eigenvalue weighted by molar-refractivity contribution is 1.28. The predicted octanol–water partition coefficient (Wildman–Crippen LogP) is 2.78. The van der Waals surface area contributed by atoms with Crippen molar-refractivity contribution in [2.75, 3.05) is 0 Å². The van der Waals surface area contributed by atoms with Crippen molar-refractivity contribution < 1.29 is 0 Å². The second kappa shape index (κ2) is 5.61. The summed E-state index contributed by atoms with van der Waals surface area (Å²) in [4.78, 5) is 8.26. The van der Waals surface area contributed by atoms with E-state index < -0.39 is 0 Å². The third-order valence-electron chi connectivity index (χ3n) is 2.22. The topological polar surface area (TPSA) is 51.3 Å². The minimum absolute atomic E-state index is 0.671. The van der Waals surface area contributed by atoms with Crippen molar-refractivity contribution in [1.82, 2.24) is 4.98 Å². The summed E-state index contributed by atoms with van der Waals surface area (Å²) >= 11 is 0. The number of allylic oxidation sites excluding steroid dienone is 1. The molecule has 1 aromatic carbocycles. The van der Waals surface area contributed by atoms with Gasteiger partial charge < -0.3 is 5.73 Å². The van der Waals surface area contributed by atoms with Crippen LogP contribution in [0.2, 0.25) is 0 Å². The number of hydrogen-bond donors (Lipinski definition) is 1. The van der Waals surface area contributed by atoms with Crippen LogP contribution in [0.3, 0.4) is 0 Å². The van der Waals surface area contributed by atoms with E-state index in [4.69, 9.17) is 5.73 Å². The first-order valence-corrected chi connectivity index (χ1v) is 5.32. The van der Waals surface area contributed by atoms with E-state index in [1.165, 1.54) is 0 Å². The molecule has 0 aliphatic heterocycles. The number of rotatable bonds is 3. The van der Waals surface area contributed by atoms with Crippen LogP contribution in [0.4, 0.5) is 5.82 Å². The van der Waals surface area contributed by atoms with Crippen molar-refractivity contribution in [3.8, 4) is 0 Å². The number of nitrogens with zero attached hydrogens (tertiary/aromatic N) is 2. The zero-order valence-corrected chi connectivity index (χ0v) is 9.32. The Morgan fingerprint density at radius 2 is 1.82 bits per heavy atom. The molecule has 1 heterocycles. The highest BCUT2D eigenvalue weighted by Gasteiger charge is 1.92. The molecule has 0 radical (unpaired) electrons. The van der Waals surface area contributed by atoms with Crippen LogP contribution in [0.1, 0.15) is 5.56 Å². The molecule has 0 saturated carbocycles. The minimum Gasteiger partial charge on any atom is -0.398 e. The van der Waals surface area contributed by atoms with Crippen LogP contribution in [0.5, 0.6) is 0 Å². The van der Waals surface area contributed by atoms with Crippen LogP contribution >= 0.6 is 0 Å². The molecule has 0 aliphatic carbocycles. The van der Waals surface area contributed by atoms with Crippen LogP contribution in [-0.2, 0) is 0 Å². The number of hydrogen-bond acceptors (Lipinski definition) is 3.